The molecular weight excluding hydrogens is 320 g/mol. The summed E-state index contributed by atoms with van der Waals surface area (Å²) >= 11 is 0. The van der Waals surface area contributed by atoms with Crippen molar-refractivity contribution in [1.29, 1.82) is 0 Å². The predicted molar refractivity (Wildman–Crippen MR) is 97.9 cm³/mol. The van der Waals surface area contributed by atoms with Gasteiger partial charge in [-0.25, -0.2) is 4.79 Å². The van der Waals surface area contributed by atoms with Crippen molar-refractivity contribution in [2.45, 2.75) is 46.6 Å². The molecule has 0 bridgehead atoms. The van der Waals surface area contributed by atoms with E-state index < -0.39 is 11.4 Å². The molecule has 1 atom stereocenters. The summed E-state index contributed by atoms with van der Waals surface area (Å²) in [6, 6.07) is 6.32. The number of rotatable bonds is 7. The third kappa shape index (κ3) is 7.69. The predicted octanol–water partition coefficient (Wildman–Crippen LogP) is 2.30. The maximum absolute atomic E-state index is 12.0. The molecule has 0 spiro atoms. The Bertz CT molecular complexity index is 606. The molecule has 1 unspecified atom stereocenters. The smallest absolute Gasteiger partial charge is 0.316 e. The second-order valence-corrected chi connectivity index (χ2v) is 7.01. The largest absolute Gasteiger partial charge is 0.356 e. The topological polar surface area (TPSA) is 113 Å². The summed E-state index contributed by atoms with van der Waals surface area (Å²) < 4.78 is 0. The summed E-state index contributed by atoms with van der Waals surface area (Å²) in [5, 5.41) is 8.21. The van der Waals surface area contributed by atoms with Gasteiger partial charge in [0.05, 0.1) is 6.04 Å². The van der Waals surface area contributed by atoms with Gasteiger partial charge in [0.25, 0.3) is 0 Å². The molecule has 25 heavy (non-hydrogen) atoms. The van der Waals surface area contributed by atoms with Crippen LogP contribution in [0.25, 0.3) is 0 Å². The van der Waals surface area contributed by atoms with E-state index in [1.165, 1.54) is 0 Å². The lowest BCUT2D eigenvalue weighted by atomic mass is 9.96. The van der Waals surface area contributed by atoms with E-state index in [-0.39, 0.29) is 17.9 Å². The Morgan fingerprint density at radius 3 is 2.24 bits per heavy atom. The fourth-order valence-electron chi connectivity index (χ4n) is 2.11. The van der Waals surface area contributed by atoms with E-state index in [2.05, 4.69) is 16.0 Å². The van der Waals surface area contributed by atoms with Gasteiger partial charge in [-0.15, -0.1) is 0 Å². The molecule has 0 aromatic heterocycles. The number of nitrogens with one attached hydrogen (secondary N) is 3. The number of hydrogen-bond acceptors (Lipinski definition) is 3. The van der Waals surface area contributed by atoms with Crippen LogP contribution in [0.3, 0.4) is 0 Å². The average molecular weight is 348 g/mol. The van der Waals surface area contributed by atoms with Crippen LogP contribution in [0.4, 0.5) is 10.5 Å². The molecule has 5 N–H and O–H groups in total. The van der Waals surface area contributed by atoms with Crippen molar-refractivity contribution >= 4 is 23.5 Å². The van der Waals surface area contributed by atoms with Gasteiger partial charge in [-0.05, 0) is 31.0 Å². The Balaban J connectivity index is 2.36. The van der Waals surface area contributed by atoms with Crippen LogP contribution >= 0.6 is 0 Å². The SMILES string of the molecule is CC(NC(=O)CCCNC(=O)C(C)(C)C)c1ccc(NC(N)=O)cc1. The van der Waals surface area contributed by atoms with E-state index in [1.807, 2.05) is 39.8 Å². The van der Waals surface area contributed by atoms with E-state index >= 15 is 0 Å². The molecule has 7 nitrogen and oxygen atoms in total. The van der Waals surface area contributed by atoms with Crippen LogP contribution in [0.5, 0.6) is 0 Å². The van der Waals surface area contributed by atoms with Gasteiger partial charge in [-0.3, -0.25) is 9.59 Å². The molecule has 0 aliphatic rings. The third-order valence-electron chi connectivity index (χ3n) is 3.60. The highest BCUT2D eigenvalue weighted by Gasteiger charge is 2.20. The number of hydrogen-bond donors (Lipinski definition) is 4. The lowest BCUT2D eigenvalue weighted by Gasteiger charge is -2.18. The molecule has 0 aliphatic heterocycles. The fraction of sp³-hybridized carbons (Fsp3) is 0.500. The molecule has 0 heterocycles. The van der Waals surface area contributed by atoms with Crippen LogP contribution in [-0.4, -0.2) is 24.4 Å². The molecule has 7 heteroatoms. The lowest BCUT2D eigenvalue weighted by Crippen LogP contribution is -2.36. The molecule has 1 aromatic rings. The summed E-state index contributed by atoms with van der Waals surface area (Å²) in [4.78, 5) is 34.5. The second kappa shape index (κ2) is 9.05. The highest BCUT2D eigenvalue weighted by atomic mass is 16.2. The number of urea groups is 1. The highest BCUT2D eigenvalue weighted by molar-refractivity contribution is 5.87. The van der Waals surface area contributed by atoms with Crippen molar-refractivity contribution in [3.8, 4) is 0 Å². The van der Waals surface area contributed by atoms with Gasteiger partial charge in [0, 0.05) is 24.1 Å². The zero-order valence-electron chi connectivity index (χ0n) is 15.3. The Labute approximate surface area is 148 Å². The highest BCUT2D eigenvalue weighted by Crippen LogP contribution is 2.16. The van der Waals surface area contributed by atoms with Gasteiger partial charge >= 0.3 is 6.03 Å². The minimum absolute atomic E-state index is 0.0223. The number of nitrogens with two attached hydrogens (primary N) is 1. The van der Waals surface area contributed by atoms with E-state index in [1.54, 1.807) is 12.1 Å². The quantitative estimate of drug-likeness (QED) is 0.567. The van der Waals surface area contributed by atoms with Crippen LogP contribution in [0.15, 0.2) is 24.3 Å². The first-order valence-corrected chi connectivity index (χ1v) is 8.33. The van der Waals surface area contributed by atoms with Crippen molar-refractivity contribution < 1.29 is 14.4 Å². The Morgan fingerprint density at radius 1 is 1.12 bits per heavy atom. The van der Waals surface area contributed by atoms with Crippen LogP contribution in [0, 0.1) is 5.41 Å². The van der Waals surface area contributed by atoms with E-state index in [0.717, 1.165) is 5.56 Å². The molecule has 0 saturated heterocycles. The van der Waals surface area contributed by atoms with E-state index in [0.29, 0.717) is 25.1 Å². The zero-order chi connectivity index (χ0) is 19.0. The van der Waals surface area contributed by atoms with Crippen molar-refractivity contribution in [1.82, 2.24) is 10.6 Å². The summed E-state index contributed by atoms with van der Waals surface area (Å²) in [6.45, 7) is 7.91. The number of amides is 4. The van der Waals surface area contributed by atoms with Crippen LogP contribution in [0.2, 0.25) is 0 Å². The minimum Gasteiger partial charge on any atom is -0.356 e. The molecule has 0 aliphatic carbocycles. The van der Waals surface area contributed by atoms with Gasteiger partial charge in [0.2, 0.25) is 11.8 Å². The fourth-order valence-corrected chi connectivity index (χ4v) is 2.11. The zero-order valence-corrected chi connectivity index (χ0v) is 15.3. The molecular formula is C18H28N4O3. The molecule has 4 amide bonds. The summed E-state index contributed by atoms with van der Waals surface area (Å²) in [6.07, 6.45) is 0.928. The second-order valence-electron chi connectivity index (χ2n) is 7.01. The van der Waals surface area contributed by atoms with Crippen LogP contribution in [0.1, 0.15) is 52.1 Å². The first-order valence-electron chi connectivity index (χ1n) is 8.33. The Kier molecular flexibility index (Phi) is 7.42. The molecule has 1 aromatic carbocycles. The van der Waals surface area contributed by atoms with Crippen molar-refractivity contribution in [2.24, 2.45) is 11.1 Å². The van der Waals surface area contributed by atoms with Crippen molar-refractivity contribution in [3.05, 3.63) is 29.8 Å². The number of benzene rings is 1. The summed E-state index contributed by atoms with van der Waals surface area (Å²) in [5.74, 6) is -0.0946. The number of primary amides is 1. The lowest BCUT2D eigenvalue weighted by molar-refractivity contribution is -0.128. The maximum atomic E-state index is 12.0. The van der Waals surface area contributed by atoms with Gasteiger partial charge in [0.1, 0.15) is 0 Å². The number of carbonyl (C=O) groups is 3. The van der Waals surface area contributed by atoms with Crippen LogP contribution < -0.4 is 21.7 Å². The van der Waals surface area contributed by atoms with E-state index in [4.69, 9.17) is 5.73 Å². The molecule has 0 fully saturated rings. The monoisotopic (exact) mass is 348 g/mol. The van der Waals surface area contributed by atoms with Gasteiger partial charge < -0.3 is 21.7 Å². The van der Waals surface area contributed by atoms with Crippen LogP contribution in [-0.2, 0) is 9.59 Å². The Hall–Kier alpha value is -2.57. The Morgan fingerprint density at radius 2 is 1.72 bits per heavy atom. The maximum Gasteiger partial charge on any atom is 0.316 e. The van der Waals surface area contributed by atoms with E-state index in [9.17, 15) is 14.4 Å². The molecule has 138 valence electrons. The number of anilines is 1. The average Bonchev–Trinajstić information content (AvgIpc) is 2.50. The molecule has 0 radical (unpaired) electrons. The summed E-state index contributed by atoms with van der Waals surface area (Å²) in [7, 11) is 0. The van der Waals surface area contributed by atoms with Crippen molar-refractivity contribution in [2.75, 3.05) is 11.9 Å². The van der Waals surface area contributed by atoms with Gasteiger partial charge in [0.15, 0.2) is 0 Å². The number of carbonyl (C=O) groups excluding carboxylic acids is 3. The first-order chi connectivity index (χ1) is 11.6. The third-order valence-corrected chi connectivity index (χ3v) is 3.60. The molecule has 0 saturated carbocycles. The normalized spacial score (nSPS) is 12.2. The minimum atomic E-state index is -0.618. The summed E-state index contributed by atoms with van der Waals surface area (Å²) in [5.41, 5.74) is 6.15. The standard InChI is InChI=1S/C18H28N4O3/c1-12(13-7-9-14(10-8-13)22-17(19)25)21-15(23)6-5-11-20-16(24)18(2,3)4/h7-10,12H,5-6,11H2,1-4H3,(H,20,24)(H,21,23)(H3,19,22,25). The van der Waals surface area contributed by atoms with Gasteiger partial charge in [-0.1, -0.05) is 32.9 Å². The van der Waals surface area contributed by atoms with Gasteiger partial charge in [-0.2, -0.15) is 0 Å². The first kappa shape index (κ1) is 20.5. The molecule has 1 rings (SSSR count). The van der Waals surface area contributed by atoms with Crippen molar-refractivity contribution in [3.63, 3.8) is 0 Å².